The largest absolute Gasteiger partial charge is 0.493 e. The van der Waals surface area contributed by atoms with Gasteiger partial charge in [-0.2, -0.15) is 0 Å². The van der Waals surface area contributed by atoms with Crippen molar-refractivity contribution in [2.45, 2.75) is 19.9 Å². The van der Waals surface area contributed by atoms with Crippen molar-refractivity contribution in [3.8, 4) is 28.8 Å². The Hall–Kier alpha value is -5.52. The Kier molecular flexibility index (Phi) is 7.69. The predicted molar refractivity (Wildman–Crippen MR) is 154 cm³/mol. The molecule has 1 N–H and O–H groups in total. The van der Waals surface area contributed by atoms with Gasteiger partial charge in [-0.3, -0.25) is 14.2 Å². The molecule has 5 aromatic rings. The molecule has 0 saturated heterocycles. The van der Waals surface area contributed by atoms with Crippen molar-refractivity contribution >= 4 is 22.5 Å². The summed E-state index contributed by atoms with van der Waals surface area (Å²) in [5, 5.41) is 3.28. The Labute approximate surface area is 238 Å². The number of nitrogens with zero attached hydrogens (tertiary/aromatic N) is 4. The number of anilines is 1. The van der Waals surface area contributed by atoms with Crippen LogP contribution in [0, 0.1) is 5.82 Å². The SMILES string of the molecule is COc1cc2ncnc(Oc3ccc(NC(=O)c4cn(C(C)C)c(=O)n(-c5ccc(F)cc5)c4=O)cc3)c2cc1OC. The highest BCUT2D eigenvalue weighted by Gasteiger charge is 2.20. The lowest BCUT2D eigenvalue weighted by Crippen LogP contribution is -2.42. The molecule has 0 unspecified atom stereocenters. The summed E-state index contributed by atoms with van der Waals surface area (Å²) in [4.78, 5) is 48.1. The lowest BCUT2D eigenvalue weighted by atomic mass is 10.2. The Balaban J connectivity index is 1.42. The topological polar surface area (TPSA) is 127 Å². The smallest absolute Gasteiger partial charge is 0.335 e. The number of nitrogens with one attached hydrogen (secondary N) is 1. The molecule has 1 amide bonds. The van der Waals surface area contributed by atoms with E-state index in [2.05, 4.69) is 15.3 Å². The van der Waals surface area contributed by atoms with Gasteiger partial charge in [0.1, 0.15) is 23.5 Å². The van der Waals surface area contributed by atoms with Crippen LogP contribution in [0.25, 0.3) is 16.6 Å². The van der Waals surface area contributed by atoms with Crippen molar-refractivity contribution in [2.75, 3.05) is 19.5 Å². The maximum atomic E-state index is 13.5. The van der Waals surface area contributed by atoms with Crippen molar-refractivity contribution < 1.29 is 23.4 Å². The minimum absolute atomic E-state index is 0.144. The Morgan fingerprint density at radius 1 is 0.929 bits per heavy atom. The summed E-state index contributed by atoms with van der Waals surface area (Å²) in [6.07, 6.45) is 2.60. The normalized spacial score (nSPS) is 11.0. The van der Waals surface area contributed by atoms with E-state index in [0.29, 0.717) is 33.8 Å². The number of halogens is 1. The van der Waals surface area contributed by atoms with Crippen molar-refractivity contribution in [1.29, 1.82) is 0 Å². The van der Waals surface area contributed by atoms with Gasteiger partial charge < -0.3 is 19.5 Å². The number of rotatable bonds is 8. The standard InChI is InChI=1S/C30H26FN5O6/c1-17(2)35-15-23(29(38)36(30(35)39)20-9-5-18(31)6-10-20)27(37)34-19-7-11-21(12-8-19)42-28-22-13-25(40-3)26(41-4)14-24(22)32-16-33-28/h5-17H,1-4H3,(H,34,37). The van der Waals surface area contributed by atoms with Gasteiger partial charge in [-0.25, -0.2) is 23.7 Å². The number of methoxy groups -OCH3 is 2. The Morgan fingerprint density at radius 3 is 2.24 bits per heavy atom. The molecular weight excluding hydrogens is 545 g/mol. The van der Waals surface area contributed by atoms with Crippen LogP contribution in [-0.4, -0.2) is 39.2 Å². The van der Waals surface area contributed by atoms with Crippen molar-refractivity contribution in [3.63, 3.8) is 0 Å². The second-order valence-corrected chi connectivity index (χ2v) is 9.43. The number of hydrogen-bond acceptors (Lipinski definition) is 8. The quantitative estimate of drug-likeness (QED) is 0.283. The molecule has 0 aliphatic heterocycles. The van der Waals surface area contributed by atoms with E-state index < -0.39 is 23.0 Å². The van der Waals surface area contributed by atoms with Crippen molar-refractivity contribution in [2.24, 2.45) is 0 Å². The van der Waals surface area contributed by atoms with E-state index in [1.165, 1.54) is 43.4 Å². The molecule has 42 heavy (non-hydrogen) atoms. The fraction of sp³-hybridized carbons (Fsp3) is 0.167. The molecule has 0 fully saturated rings. The summed E-state index contributed by atoms with van der Waals surface area (Å²) in [5.41, 5.74) is -0.622. The number of hydrogen-bond donors (Lipinski definition) is 1. The van der Waals surface area contributed by atoms with Crippen LogP contribution < -0.4 is 30.8 Å². The fourth-order valence-electron chi connectivity index (χ4n) is 4.27. The second-order valence-electron chi connectivity index (χ2n) is 9.43. The first-order valence-corrected chi connectivity index (χ1v) is 12.8. The zero-order chi connectivity index (χ0) is 30.0. The molecule has 0 aliphatic rings. The zero-order valence-electron chi connectivity index (χ0n) is 23.1. The van der Waals surface area contributed by atoms with Crippen LogP contribution in [0.5, 0.6) is 23.1 Å². The number of aromatic nitrogens is 4. The van der Waals surface area contributed by atoms with E-state index in [1.54, 1.807) is 50.2 Å². The third kappa shape index (κ3) is 5.42. The van der Waals surface area contributed by atoms with Gasteiger partial charge in [0.15, 0.2) is 11.5 Å². The molecule has 0 aliphatic carbocycles. The molecule has 214 valence electrons. The van der Waals surface area contributed by atoms with E-state index in [-0.39, 0.29) is 23.2 Å². The van der Waals surface area contributed by atoms with Gasteiger partial charge in [0.25, 0.3) is 11.5 Å². The molecular formula is C30H26FN5O6. The highest BCUT2D eigenvalue weighted by Crippen LogP contribution is 2.35. The van der Waals surface area contributed by atoms with Crippen LogP contribution in [-0.2, 0) is 0 Å². The molecule has 0 saturated carbocycles. The number of ether oxygens (including phenoxy) is 3. The average molecular weight is 572 g/mol. The van der Waals surface area contributed by atoms with Gasteiger partial charge in [-0.1, -0.05) is 0 Å². The lowest BCUT2D eigenvalue weighted by Gasteiger charge is -2.16. The molecule has 3 aromatic carbocycles. The van der Waals surface area contributed by atoms with Crippen LogP contribution in [0.2, 0.25) is 0 Å². The van der Waals surface area contributed by atoms with Gasteiger partial charge in [0, 0.05) is 24.0 Å². The maximum absolute atomic E-state index is 13.5. The summed E-state index contributed by atoms with van der Waals surface area (Å²) in [5.74, 6) is 0.477. The number of amides is 1. The first-order chi connectivity index (χ1) is 20.2. The summed E-state index contributed by atoms with van der Waals surface area (Å²) in [6, 6.07) is 14.4. The van der Waals surface area contributed by atoms with E-state index in [0.717, 1.165) is 16.7 Å². The highest BCUT2D eigenvalue weighted by molar-refractivity contribution is 6.03. The molecule has 0 spiro atoms. The monoisotopic (exact) mass is 571 g/mol. The second kappa shape index (κ2) is 11.5. The van der Waals surface area contributed by atoms with Crippen molar-refractivity contribution in [1.82, 2.24) is 19.1 Å². The molecule has 11 nitrogen and oxygen atoms in total. The average Bonchev–Trinajstić information content (AvgIpc) is 2.98. The van der Waals surface area contributed by atoms with Gasteiger partial charge in [0.2, 0.25) is 5.88 Å². The number of carbonyl (C=O) groups is 1. The molecule has 0 bridgehead atoms. The first-order valence-electron chi connectivity index (χ1n) is 12.8. The van der Waals surface area contributed by atoms with Crippen LogP contribution in [0.15, 0.2) is 82.8 Å². The summed E-state index contributed by atoms with van der Waals surface area (Å²) in [6.45, 7) is 3.49. The number of benzene rings is 3. The van der Waals surface area contributed by atoms with Gasteiger partial charge in [-0.15, -0.1) is 0 Å². The minimum Gasteiger partial charge on any atom is -0.493 e. The minimum atomic E-state index is -0.830. The van der Waals surface area contributed by atoms with E-state index in [9.17, 15) is 18.8 Å². The van der Waals surface area contributed by atoms with E-state index in [1.807, 2.05) is 0 Å². The summed E-state index contributed by atoms with van der Waals surface area (Å²) >= 11 is 0. The van der Waals surface area contributed by atoms with Gasteiger partial charge in [0.05, 0.1) is 30.8 Å². The van der Waals surface area contributed by atoms with Crippen LogP contribution in [0.4, 0.5) is 10.1 Å². The van der Waals surface area contributed by atoms with Crippen LogP contribution >= 0.6 is 0 Å². The third-order valence-corrected chi connectivity index (χ3v) is 6.43. The third-order valence-electron chi connectivity index (χ3n) is 6.43. The number of carbonyl (C=O) groups excluding carboxylic acids is 1. The highest BCUT2D eigenvalue weighted by atomic mass is 19.1. The molecule has 0 atom stereocenters. The Bertz CT molecular complexity index is 1900. The van der Waals surface area contributed by atoms with E-state index >= 15 is 0 Å². The Morgan fingerprint density at radius 2 is 1.60 bits per heavy atom. The summed E-state index contributed by atoms with van der Waals surface area (Å²) < 4.78 is 32.3. The molecule has 0 radical (unpaired) electrons. The molecule has 2 aromatic heterocycles. The van der Waals surface area contributed by atoms with Crippen LogP contribution in [0.3, 0.4) is 0 Å². The van der Waals surface area contributed by atoms with Gasteiger partial charge in [-0.05, 0) is 68.4 Å². The molecule has 12 heteroatoms. The molecule has 5 rings (SSSR count). The summed E-state index contributed by atoms with van der Waals surface area (Å²) in [7, 11) is 3.06. The maximum Gasteiger partial charge on any atom is 0.335 e. The van der Waals surface area contributed by atoms with Crippen molar-refractivity contribution in [3.05, 3.63) is 105 Å². The van der Waals surface area contributed by atoms with Crippen LogP contribution in [0.1, 0.15) is 30.2 Å². The fourth-order valence-corrected chi connectivity index (χ4v) is 4.27. The zero-order valence-corrected chi connectivity index (χ0v) is 23.1. The van der Waals surface area contributed by atoms with E-state index in [4.69, 9.17) is 14.2 Å². The predicted octanol–water partition coefficient (Wildman–Crippen LogP) is 4.72. The lowest BCUT2D eigenvalue weighted by molar-refractivity contribution is 0.102. The van der Waals surface area contributed by atoms with Gasteiger partial charge >= 0.3 is 5.69 Å². The first kappa shape index (κ1) is 28.0. The number of fused-ring (bicyclic) bond motifs is 1. The molecule has 2 heterocycles.